The number of hydrogen-bond donors (Lipinski definition) is 2. The smallest absolute Gasteiger partial charge is 0.233 e. The molecule has 2 unspecified atom stereocenters. The second-order valence-corrected chi connectivity index (χ2v) is 6.96. The fraction of sp³-hybridized carbons (Fsp3) is 0.471. The molecule has 6 nitrogen and oxygen atoms in total. The van der Waals surface area contributed by atoms with E-state index in [4.69, 9.17) is 4.74 Å². The van der Waals surface area contributed by atoms with Crippen LogP contribution in [0.3, 0.4) is 0 Å². The first kappa shape index (κ1) is 17.0. The zero-order valence-corrected chi connectivity index (χ0v) is 14.5. The maximum atomic E-state index is 12.4. The van der Waals surface area contributed by atoms with Gasteiger partial charge < -0.3 is 10.1 Å². The molecule has 2 aromatic rings. The number of hydrogen-bond acceptors (Lipinski definition) is 5. The molecule has 24 heavy (non-hydrogen) atoms. The van der Waals surface area contributed by atoms with Crippen LogP contribution in [0.5, 0.6) is 0 Å². The lowest BCUT2D eigenvalue weighted by Crippen LogP contribution is -2.32. The largest absolute Gasteiger partial charge is 0.370 e. The minimum atomic E-state index is -0.118. The quantitative estimate of drug-likeness (QED) is 0.754. The number of thioether (sulfide) groups is 1. The van der Waals surface area contributed by atoms with Gasteiger partial charge in [-0.15, -0.1) is 11.8 Å². The molecule has 1 fully saturated rings. The molecule has 0 spiro atoms. The molecule has 1 aliphatic rings. The number of aromatic amines is 1. The van der Waals surface area contributed by atoms with Gasteiger partial charge >= 0.3 is 0 Å². The zero-order chi connectivity index (χ0) is 16.8. The monoisotopic (exact) mass is 346 g/mol. The fourth-order valence-electron chi connectivity index (χ4n) is 2.58. The summed E-state index contributed by atoms with van der Waals surface area (Å²) < 4.78 is 5.56. The van der Waals surface area contributed by atoms with E-state index in [1.807, 2.05) is 37.3 Å². The Labute approximate surface area is 145 Å². The highest BCUT2D eigenvalue weighted by molar-refractivity contribution is 8.00. The Morgan fingerprint density at radius 2 is 2.29 bits per heavy atom. The number of carbonyl (C=O) groups is 1. The first-order chi connectivity index (χ1) is 11.8. The molecule has 0 aliphatic carbocycles. The molecule has 1 aromatic heterocycles. The van der Waals surface area contributed by atoms with Gasteiger partial charge in [0.2, 0.25) is 5.91 Å². The zero-order valence-electron chi connectivity index (χ0n) is 13.7. The molecule has 1 saturated heterocycles. The molecule has 2 atom stereocenters. The van der Waals surface area contributed by atoms with E-state index in [1.54, 1.807) is 11.8 Å². The number of benzene rings is 1. The van der Waals surface area contributed by atoms with Crippen molar-refractivity contribution in [2.75, 3.05) is 6.61 Å². The second kappa shape index (κ2) is 8.30. The van der Waals surface area contributed by atoms with Crippen molar-refractivity contribution < 1.29 is 9.53 Å². The van der Waals surface area contributed by atoms with E-state index in [9.17, 15) is 4.79 Å². The van der Waals surface area contributed by atoms with Crippen molar-refractivity contribution in [3.63, 3.8) is 0 Å². The highest BCUT2D eigenvalue weighted by Crippen LogP contribution is 2.26. The van der Waals surface area contributed by atoms with Crippen molar-refractivity contribution in [2.24, 2.45) is 0 Å². The standard InChI is InChI=1S/C17H22N4O2S/c1-2-14(24-12-7-4-3-5-8-12)17(22)18-11-15-19-16(21-20-15)13-9-6-10-23-13/h3-5,7-8,13-14H,2,6,9-11H2,1H3,(H,18,22)(H,19,20,21). The molecule has 1 aromatic carbocycles. The van der Waals surface area contributed by atoms with Gasteiger partial charge in [-0.1, -0.05) is 25.1 Å². The summed E-state index contributed by atoms with van der Waals surface area (Å²) >= 11 is 1.58. The Morgan fingerprint density at radius 3 is 3.00 bits per heavy atom. The van der Waals surface area contributed by atoms with Gasteiger partial charge in [-0.25, -0.2) is 4.98 Å². The lowest BCUT2D eigenvalue weighted by molar-refractivity contribution is -0.120. The normalized spacial score (nSPS) is 18.5. The van der Waals surface area contributed by atoms with Gasteiger partial charge in [0, 0.05) is 11.5 Å². The van der Waals surface area contributed by atoms with Crippen LogP contribution in [0, 0.1) is 0 Å². The number of H-pyrrole nitrogens is 1. The number of rotatable bonds is 7. The van der Waals surface area contributed by atoms with Crippen LogP contribution in [-0.2, 0) is 16.1 Å². The van der Waals surface area contributed by atoms with Crippen molar-refractivity contribution in [1.82, 2.24) is 20.5 Å². The average molecular weight is 346 g/mol. The Balaban J connectivity index is 1.52. The van der Waals surface area contributed by atoms with Gasteiger partial charge in [-0.2, -0.15) is 5.10 Å². The van der Waals surface area contributed by atoms with Gasteiger partial charge in [0.25, 0.3) is 0 Å². The SMILES string of the molecule is CCC(Sc1ccccc1)C(=O)NCc1nc(C2CCCO2)n[nH]1. The van der Waals surface area contributed by atoms with E-state index < -0.39 is 0 Å². The highest BCUT2D eigenvalue weighted by atomic mass is 32.2. The van der Waals surface area contributed by atoms with Gasteiger partial charge in [0.15, 0.2) is 5.82 Å². The average Bonchev–Trinajstić information content (AvgIpc) is 3.29. The van der Waals surface area contributed by atoms with Crippen LogP contribution in [0.25, 0.3) is 0 Å². The van der Waals surface area contributed by atoms with Crippen LogP contribution in [0.4, 0.5) is 0 Å². The van der Waals surface area contributed by atoms with E-state index in [1.165, 1.54) is 0 Å². The number of carbonyl (C=O) groups excluding carboxylic acids is 1. The Morgan fingerprint density at radius 1 is 1.46 bits per heavy atom. The highest BCUT2D eigenvalue weighted by Gasteiger charge is 2.22. The Hall–Kier alpha value is -1.86. The summed E-state index contributed by atoms with van der Waals surface area (Å²) in [6, 6.07) is 9.97. The maximum Gasteiger partial charge on any atom is 0.233 e. The molecule has 128 valence electrons. The third-order valence-corrected chi connectivity index (χ3v) is 5.26. The van der Waals surface area contributed by atoms with Crippen molar-refractivity contribution in [3.05, 3.63) is 42.0 Å². The van der Waals surface area contributed by atoms with Gasteiger partial charge in [-0.05, 0) is 31.4 Å². The van der Waals surface area contributed by atoms with Crippen LogP contribution in [0.2, 0.25) is 0 Å². The summed E-state index contributed by atoms with van der Waals surface area (Å²) in [5.41, 5.74) is 0. The van der Waals surface area contributed by atoms with Crippen LogP contribution in [0.15, 0.2) is 35.2 Å². The third kappa shape index (κ3) is 4.36. The predicted octanol–water partition coefficient (Wildman–Crippen LogP) is 2.84. The lowest BCUT2D eigenvalue weighted by Gasteiger charge is -2.14. The summed E-state index contributed by atoms with van der Waals surface area (Å²) in [6.45, 7) is 3.13. The summed E-state index contributed by atoms with van der Waals surface area (Å²) in [6.07, 6.45) is 2.75. The molecular weight excluding hydrogens is 324 g/mol. The minimum absolute atomic E-state index is 0.0114. The van der Waals surface area contributed by atoms with E-state index >= 15 is 0 Å². The van der Waals surface area contributed by atoms with Crippen molar-refractivity contribution in [2.45, 2.75) is 49.0 Å². The van der Waals surface area contributed by atoms with Crippen molar-refractivity contribution in [1.29, 1.82) is 0 Å². The number of amides is 1. The summed E-state index contributed by atoms with van der Waals surface area (Å²) in [5.74, 6) is 1.36. The Kier molecular flexibility index (Phi) is 5.87. The molecule has 0 bridgehead atoms. The number of nitrogens with zero attached hydrogens (tertiary/aromatic N) is 2. The van der Waals surface area contributed by atoms with E-state index in [-0.39, 0.29) is 17.3 Å². The number of ether oxygens (including phenoxy) is 1. The molecular formula is C17H22N4O2S. The Bertz CT molecular complexity index is 656. The van der Waals surface area contributed by atoms with E-state index in [2.05, 4.69) is 20.5 Å². The molecule has 1 amide bonds. The summed E-state index contributed by atoms with van der Waals surface area (Å²) in [4.78, 5) is 17.9. The lowest BCUT2D eigenvalue weighted by atomic mass is 10.2. The van der Waals surface area contributed by atoms with Crippen LogP contribution >= 0.6 is 11.8 Å². The predicted molar refractivity (Wildman–Crippen MR) is 92.5 cm³/mol. The first-order valence-electron chi connectivity index (χ1n) is 8.28. The summed E-state index contributed by atoms with van der Waals surface area (Å²) in [5, 5.41) is 9.90. The van der Waals surface area contributed by atoms with Crippen LogP contribution in [0.1, 0.15) is 43.9 Å². The molecule has 1 aliphatic heterocycles. The van der Waals surface area contributed by atoms with E-state index in [0.717, 1.165) is 30.8 Å². The molecule has 0 saturated carbocycles. The first-order valence-corrected chi connectivity index (χ1v) is 9.16. The van der Waals surface area contributed by atoms with Gasteiger partial charge in [-0.3, -0.25) is 9.89 Å². The second-order valence-electron chi connectivity index (χ2n) is 5.69. The number of aromatic nitrogens is 3. The fourth-order valence-corrected chi connectivity index (χ4v) is 3.58. The van der Waals surface area contributed by atoms with Gasteiger partial charge in [0.05, 0.1) is 11.8 Å². The van der Waals surface area contributed by atoms with Crippen molar-refractivity contribution in [3.8, 4) is 0 Å². The summed E-state index contributed by atoms with van der Waals surface area (Å²) in [7, 11) is 0. The van der Waals surface area contributed by atoms with Crippen molar-refractivity contribution >= 4 is 17.7 Å². The molecule has 3 rings (SSSR count). The maximum absolute atomic E-state index is 12.4. The molecule has 2 heterocycles. The minimum Gasteiger partial charge on any atom is -0.370 e. The van der Waals surface area contributed by atoms with Crippen LogP contribution < -0.4 is 5.32 Å². The molecule has 0 radical (unpaired) electrons. The topological polar surface area (TPSA) is 79.9 Å². The van der Waals surface area contributed by atoms with Gasteiger partial charge in [0.1, 0.15) is 11.9 Å². The molecule has 2 N–H and O–H groups in total. The number of nitrogens with one attached hydrogen (secondary N) is 2. The van der Waals surface area contributed by atoms with Crippen LogP contribution in [-0.4, -0.2) is 32.9 Å². The van der Waals surface area contributed by atoms with E-state index in [0.29, 0.717) is 18.2 Å². The third-order valence-electron chi connectivity index (χ3n) is 3.88. The molecule has 7 heteroatoms.